The van der Waals surface area contributed by atoms with Crippen molar-refractivity contribution < 1.29 is 9.59 Å². The van der Waals surface area contributed by atoms with Crippen LogP contribution in [0.25, 0.3) is 10.8 Å². The summed E-state index contributed by atoms with van der Waals surface area (Å²) in [7, 11) is 0. The molecule has 51 heavy (non-hydrogen) atoms. The van der Waals surface area contributed by atoms with E-state index in [9.17, 15) is 9.59 Å². The zero-order valence-corrected chi connectivity index (χ0v) is 30.4. The van der Waals surface area contributed by atoms with E-state index in [2.05, 4.69) is 106 Å². The number of benzene rings is 4. The van der Waals surface area contributed by atoms with Gasteiger partial charge in [0, 0.05) is 78.4 Å². The lowest BCUT2D eigenvalue weighted by Gasteiger charge is -2.34. The Bertz CT molecular complexity index is 1570. The molecule has 7 heteroatoms. The standard InChI is InChI=1S/C13H20N2.C13H17N.C12H11NO.C5H9NO.CH4/c1-2-14-8-10-15(11-9-14)12-13-6-4-3-5-7-13;1-12-7-9-14(10-8-12)11-13-5-3-2-4-6-13;1-9(14)13-12-7-6-10-4-2-3-5-11(10)8-12;1-3-4-6-5(2)7;/h3-7H,2,8-12H2,1H3;2-6H,1,7-11H2;2-8H,1H3,(H,13,14);3H,1,4H2,2H3,(H,6,7);1H4. The lowest BCUT2D eigenvalue weighted by atomic mass is 10.1. The van der Waals surface area contributed by atoms with E-state index in [1.807, 2.05) is 42.5 Å². The summed E-state index contributed by atoms with van der Waals surface area (Å²) >= 11 is 0. The van der Waals surface area contributed by atoms with E-state index in [0.29, 0.717) is 6.54 Å². The number of nitrogens with one attached hydrogen (secondary N) is 2. The molecule has 0 spiro atoms. The lowest BCUT2D eigenvalue weighted by molar-refractivity contribution is -0.118. The summed E-state index contributed by atoms with van der Waals surface area (Å²) < 4.78 is 0. The molecule has 0 saturated carbocycles. The van der Waals surface area contributed by atoms with E-state index >= 15 is 0 Å². The minimum absolute atomic E-state index is 0. The summed E-state index contributed by atoms with van der Waals surface area (Å²) in [5, 5.41) is 7.62. The van der Waals surface area contributed by atoms with Crippen molar-refractivity contribution in [2.75, 3.05) is 57.7 Å². The fraction of sp³-hybridized carbons (Fsp3) is 0.364. The van der Waals surface area contributed by atoms with Crippen molar-refractivity contribution in [1.29, 1.82) is 0 Å². The van der Waals surface area contributed by atoms with Gasteiger partial charge in [0.25, 0.3) is 0 Å². The van der Waals surface area contributed by atoms with Gasteiger partial charge in [-0.1, -0.05) is 124 Å². The van der Waals surface area contributed by atoms with Crippen LogP contribution in [0.4, 0.5) is 5.69 Å². The molecular formula is C44H61N5O2. The van der Waals surface area contributed by atoms with E-state index < -0.39 is 0 Å². The molecule has 2 aliphatic heterocycles. The molecule has 2 amide bonds. The molecule has 0 aliphatic carbocycles. The SMILES string of the molecule is C.C=C1CCN(Cc2ccccc2)CC1.C=CCNC(C)=O.CC(=O)Nc1ccc2ccccc2c1.CCN1CCN(Cc2ccccc2)CC1. The first-order valence-electron chi connectivity index (χ1n) is 17.8. The van der Waals surface area contributed by atoms with Crippen LogP contribution in [0.2, 0.25) is 0 Å². The van der Waals surface area contributed by atoms with Gasteiger partial charge in [-0.2, -0.15) is 0 Å². The molecule has 0 radical (unpaired) electrons. The summed E-state index contributed by atoms with van der Waals surface area (Å²) in [6, 6.07) is 35.4. The number of likely N-dealkylation sites (tertiary alicyclic amines) is 1. The summed E-state index contributed by atoms with van der Waals surface area (Å²) in [5.41, 5.74) is 5.10. The van der Waals surface area contributed by atoms with Crippen molar-refractivity contribution in [1.82, 2.24) is 20.0 Å². The topological polar surface area (TPSA) is 67.9 Å². The number of piperidine rings is 1. The Labute approximate surface area is 308 Å². The minimum atomic E-state index is -0.0414. The van der Waals surface area contributed by atoms with E-state index in [-0.39, 0.29) is 19.2 Å². The number of fused-ring (bicyclic) bond motifs is 1. The maximum Gasteiger partial charge on any atom is 0.221 e. The van der Waals surface area contributed by atoms with E-state index in [4.69, 9.17) is 0 Å². The summed E-state index contributed by atoms with van der Waals surface area (Å²) in [6.07, 6.45) is 3.99. The largest absolute Gasteiger partial charge is 0.353 e. The molecule has 0 aromatic heterocycles. The van der Waals surface area contributed by atoms with Crippen molar-refractivity contribution in [3.8, 4) is 0 Å². The van der Waals surface area contributed by atoms with Gasteiger partial charge in [-0.05, 0) is 53.4 Å². The highest BCUT2D eigenvalue weighted by molar-refractivity contribution is 5.93. The van der Waals surface area contributed by atoms with Crippen molar-refractivity contribution in [2.45, 2.75) is 54.1 Å². The van der Waals surface area contributed by atoms with Crippen LogP contribution in [0, 0.1) is 0 Å². The van der Waals surface area contributed by atoms with Gasteiger partial charge in [0.2, 0.25) is 11.8 Å². The highest BCUT2D eigenvalue weighted by Gasteiger charge is 2.15. The Morgan fingerprint density at radius 2 is 1.16 bits per heavy atom. The summed E-state index contributed by atoms with van der Waals surface area (Å²) in [5.74, 6) is -0.0554. The highest BCUT2D eigenvalue weighted by atomic mass is 16.2. The maximum absolute atomic E-state index is 10.8. The predicted octanol–water partition coefficient (Wildman–Crippen LogP) is 8.41. The summed E-state index contributed by atoms with van der Waals surface area (Å²) in [4.78, 5) is 28.4. The van der Waals surface area contributed by atoms with Crippen molar-refractivity contribution in [3.63, 3.8) is 0 Å². The molecule has 0 unspecified atom stereocenters. The third-order valence-electron chi connectivity index (χ3n) is 8.54. The fourth-order valence-electron chi connectivity index (χ4n) is 5.66. The molecule has 4 aromatic carbocycles. The van der Waals surface area contributed by atoms with Crippen LogP contribution in [0.15, 0.2) is 128 Å². The number of hydrogen-bond acceptors (Lipinski definition) is 5. The normalized spacial score (nSPS) is 14.5. The van der Waals surface area contributed by atoms with Crippen LogP contribution in [0.5, 0.6) is 0 Å². The molecule has 274 valence electrons. The van der Waals surface area contributed by atoms with E-state index in [1.165, 1.54) is 94.6 Å². The van der Waals surface area contributed by atoms with Gasteiger partial charge in [0.05, 0.1) is 0 Å². The van der Waals surface area contributed by atoms with Gasteiger partial charge < -0.3 is 15.5 Å². The Balaban J connectivity index is 0.000000241. The first-order chi connectivity index (χ1) is 24.2. The average Bonchev–Trinajstić information content (AvgIpc) is 3.13. The number of nitrogens with zero attached hydrogens (tertiary/aromatic N) is 3. The Morgan fingerprint density at radius 1 is 0.667 bits per heavy atom. The van der Waals surface area contributed by atoms with Crippen LogP contribution < -0.4 is 10.6 Å². The van der Waals surface area contributed by atoms with Gasteiger partial charge in [0.1, 0.15) is 0 Å². The molecule has 2 saturated heterocycles. The van der Waals surface area contributed by atoms with Gasteiger partial charge in [-0.25, -0.2) is 0 Å². The van der Waals surface area contributed by atoms with Crippen molar-refractivity contribution in [3.05, 3.63) is 139 Å². The molecule has 4 aromatic rings. The van der Waals surface area contributed by atoms with E-state index in [0.717, 1.165) is 24.2 Å². The molecule has 2 aliphatic rings. The lowest BCUT2D eigenvalue weighted by Crippen LogP contribution is -2.45. The minimum Gasteiger partial charge on any atom is -0.353 e. The number of rotatable bonds is 8. The van der Waals surface area contributed by atoms with Crippen LogP contribution in [-0.2, 0) is 22.7 Å². The van der Waals surface area contributed by atoms with Gasteiger partial charge in [0.15, 0.2) is 0 Å². The molecule has 2 N–H and O–H groups in total. The monoisotopic (exact) mass is 691 g/mol. The maximum atomic E-state index is 10.8. The second-order valence-corrected chi connectivity index (χ2v) is 12.7. The second-order valence-electron chi connectivity index (χ2n) is 12.7. The average molecular weight is 692 g/mol. The van der Waals surface area contributed by atoms with Crippen molar-refractivity contribution in [2.24, 2.45) is 0 Å². The van der Waals surface area contributed by atoms with Crippen LogP contribution in [0.1, 0.15) is 52.2 Å². The number of carbonyl (C=O) groups is 2. The molecule has 6 rings (SSSR count). The quantitative estimate of drug-likeness (QED) is 0.182. The number of carbonyl (C=O) groups excluding carboxylic acids is 2. The van der Waals surface area contributed by atoms with Gasteiger partial charge in [-0.3, -0.25) is 19.4 Å². The number of amides is 2. The molecular weight excluding hydrogens is 631 g/mol. The second kappa shape index (κ2) is 24.6. The number of likely N-dealkylation sites (N-methyl/N-ethyl adjacent to an activating group) is 1. The predicted molar refractivity (Wildman–Crippen MR) is 218 cm³/mol. The third-order valence-corrected chi connectivity index (χ3v) is 8.54. The molecule has 0 bridgehead atoms. The Hall–Kier alpha value is -4.56. The summed E-state index contributed by atoms with van der Waals surface area (Å²) in [6.45, 7) is 23.9. The van der Waals surface area contributed by atoms with Crippen LogP contribution >= 0.6 is 0 Å². The number of piperazine rings is 1. The Kier molecular flexibility index (Phi) is 20.5. The molecule has 7 nitrogen and oxygen atoms in total. The first-order valence-corrected chi connectivity index (χ1v) is 17.8. The molecule has 2 heterocycles. The first kappa shape index (κ1) is 42.6. The zero-order valence-electron chi connectivity index (χ0n) is 30.4. The smallest absolute Gasteiger partial charge is 0.221 e. The number of hydrogen-bond donors (Lipinski definition) is 2. The highest BCUT2D eigenvalue weighted by Crippen LogP contribution is 2.19. The third kappa shape index (κ3) is 17.8. The van der Waals surface area contributed by atoms with Gasteiger partial charge in [-0.15, -0.1) is 6.58 Å². The van der Waals surface area contributed by atoms with Crippen LogP contribution in [-0.4, -0.2) is 78.9 Å². The number of anilines is 1. The van der Waals surface area contributed by atoms with Crippen molar-refractivity contribution >= 4 is 28.3 Å². The van der Waals surface area contributed by atoms with Gasteiger partial charge >= 0.3 is 0 Å². The molecule has 0 atom stereocenters. The fourth-order valence-corrected chi connectivity index (χ4v) is 5.66. The van der Waals surface area contributed by atoms with Crippen LogP contribution in [0.3, 0.4) is 0 Å². The molecule has 2 fully saturated rings. The van der Waals surface area contributed by atoms with E-state index in [1.54, 1.807) is 6.08 Å². The zero-order chi connectivity index (χ0) is 36.0. The Morgan fingerprint density at radius 3 is 1.63 bits per heavy atom.